The Morgan fingerprint density at radius 2 is 1.44 bits per heavy atom. The van der Waals surface area contributed by atoms with Crippen molar-refractivity contribution in [3.8, 4) is 0 Å². The molecular formula is C23H28BrN. The molecule has 2 saturated heterocycles. The summed E-state index contributed by atoms with van der Waals surface area (Å²) < 4.78 is 1.26. The lowest BCUT2D eigenvalue weighted by Gasteiger charge is -2.49. The Labute approximate surface area is 162 Å². The normalized spacial score (nSPS) is 25.6. The molecule has 2 aromatic carbocycles. The lowest BCUT2D eigenvalue weighted by molar-refractivity contribution is -0.937. The van der Waals surface area contributed by atoms with Gasteiger partial charge in [0.15, 0.2) is 0 Å². The van der Waals surface area contributed by atoms with Gasteiger partial charge in [0.1, 0.15) is 6.54 Å². The van der Waals surface area contributed by atoms with Crippen LogP contribution in [0.4, 0.5) is 0 Å². The van der Waals surface area contributed by atoms with Crippen molar-refractivity contribution in [3.05, 3.63) is 77.4 Å². The Morgan fingerprint density at radius 3 is 2.04 bits per heavy atom. The number of quaternary nitrogens is 1. The van der Waals surface area contributed by atoms with Crippen molar-refractivity contribution in [1.29, 1.82) is 0 Å². The second-order valence-electron chi connectivity index (χ2n) is 7.76. The van der Waals surface area contributed by atoms with Crippen LogP contribution >= 0.6 is 0 Å². The van der Waals surface area contributed by atoms with Crippen molar-refractivity contribution in [2.75, 3.05) is 20.1 Å². The van der Waals surface area contributed by atoms with E-state index in [4.69, 9.17) is 0 Å². The molecule has 0 saturated carbocycles. The van der Waals surface area contributed by atoms with E-state index in [-0.39, 0.29) is 17.0 Å². The van der Waals surface area contributed by atoms with Crippen molar-refractivity contribution in [2.45, 2.75) is 38.1 Å². The van der Waals surface area contributed by atoms with Gasteiger partial charge in [-0.15, -0.1) is 0 Å². The van der Waals surface area contributed by atoms with Crippen LogP contribution in [0.5, 0.6) is 0 Å². The molecule has 2 aliphatic heterocycles. The van der Waals surface area contributed by atoms with E-state index < -0.39 is 0 Å². The third kappa shape index (κ3) is 3.75. The molecule has 0 radical (unpaired) electrons. The third-order valence-corrected chi connectivity index (χ3v) is 6.15. The number of halogens is 1. The maximum Gasteiger partial charge on any atom is 0.101 e. The maximum atomic E-state index is 2.50. The molecular weight excluding hydrogens is 370 g/mol. The summed E-state index contributed by atoms with van der Waals surface area (Å²) in [6.07, 6.45) is 6.87. The molecule has 2 fully saturated rings. The minimum atomic E-state index is 0. The summed E-state index contributed by atoms with van der Waals surface area (Å²) in [5.74, 6) is 0. The van der Waals surface area contributed by atoms with Crippen LogP contribution in [-0.2, 0) is 0 Å². The van der Waals surface area contributed by atoms with Crippen LogP contribution in [0.3, 0.4) is 0 Å². The van der Waals surface area contributed by atoms with Gasteiger partial charge in [-0.25, -0.2) is 0 Å². The van der Waals surface area contributed by atoms with Gasteiger partial charge >= 0.3 is 0 Å². The van der Waals surface area contributed by atoms with Crippen LogP contribution in [0.1, 0.15) is 43.2 Å². The Balaban J connectivity index is 0.00000182. The number of fused-ring (bicyclic) bond motifs is 1. The SMILES string of the molecule is C[N@+]12CCCC[C@@H]1CCC(=C(c1ccccc1)c1ccccc1)C2.[Br-]. The fourth-order valence-corrected chi connectivity index (χ4v) is 4.86. The maximum absolute atomic E-state index is 2.50. The number of likely N-dealkylation sites (N-methyl/N-ethyl adjacent to an activating group) is 1. The summed E-state index contributed by atoms with van der Waals surface area (Å²) in [6.45, 7) is 2.58. The van der Waals surface area contributed by atoms with Crippen molar-refractivity contribution in [2.24, 2.45) is 0 Å². The second-order valence-corrected chi connectivity index (χ2v) is 7.76. The second kappa shape index (κ2) is 7.88. The van der Waals surface area contributed by atoms with E-state index in [2.05, 4.69) is 67.7 Å². The van der Waals surface area contributed by atoms with Crippen LogP contribution in [0, 0.1) is 0 Å². The van der Waals surface area contributed by atoms with Crippen molar-refractivity contribution in [1.82, 2.24) is 0 Å². The summed E-state index contributed by atoms with van der Waals surface area (Å²) >= 11 is 0. The fourth-order valence-electron chi connectivity index (χ4n) is 4.86. The number of nitrogens with zero attached hydrogens (tertiary/aromatic N) is 1. The van der Waals surface area contributed by atoms with E-state index in [1.165, 1.54) is 66.4 Å². The van der Waals surface area contributed by atoms with E-state index in [9.17, 15) is 0 Å². The first-order chi connectivity index (χ1) is 11.8. The predicted molar refractivity (Wildman–Crippen MR) is 102 cm³/mol. The molecule has 0 aliphatic carbocycles. The van der Waals surface area contributed by atoms with Gasteiger partial charge in [-0.2, -0.15) is 0 Å². The van der Waals surface area contributed by atoms with Gasteiger partial charge in [0.2, 0.25) is 0 Å². The zero-order chi connectivity index (χ0) is 16.4. The van der Waals surface area contributed by atoms with Gasteiger partial charge in [-0.05, 0) is 48.0 Å². The van der Waals surface area contributed by atoms with Crippen molar-refractivity contribution in [3.63, 3.8) is 0 Å². The zero-order valence-electron chi connectivity index (χ0n) is 15.1. The Kier molecular flexibility index (Phi) is 5.81. The van der Waals surface area contributed by atoms with Crippen molar-refractivity contribution >= 4 is 5.57 Å². The average Bonchev–Trinajstić information content (AvgIpc) is 2.63. The first-order valence-corrected chi connectivity index (χ1v) is 9.43. The van der Waals surface area contributed by atoms with Gasteiger partial charge in [0.05, 0.1) is 19.6 Å². The first-order valence-electron chi connectivity index (χ1n) is 9.43. The van der Waals surface area contributed by atoms with Gasteiger partial charge < -0.3 is 21.5 Å². The Bertz CT molecular complexity index is 681. The molecule has 0 amide bonds. The molecule has 0 bridgehead atoms. The number of benzene rings is 2. The summed E-state index contributed by atoms with van der Waals surface area (Å²) in [5, 5.41) is 0. The van der Waals surface area contributed by atoms with Crippen LogP contribution in [0.25, 0.3) is 5.57 Å². The largest absolute Gasteiger partial charge is 1.00 e. The lowest BCUT2D eigenvalue weighted by atomic mass is 9.83. The standard InChI is InChI=1S/C23H28N.BrH/c1-24-17-9-8-14-22(24)16-15-21(18-24)23(19-10-4-2-5-11-19)20-12-6-3-7-13-20;/h2-7,10-13,22H,8-9,14-18H2,1H3;1H/q+1;/p-1/t22-,24-;/m1./s1. The topological polar surface area (TPSA) is 0 Å². The molecule has 0 spiro atoms. The Morgan fingerprint density at radius 1 is 0.840 bits per heavy atom. The molecule has 2 heteroatoms. The molecule has 2 atom stereocenters. The van der Waals surface area contributed by atoms with Crippen LogP contribution in [-0.4, -0.2) is 30.7 Å². The predicted octanol–water partition coefficient (Wildman–Crippen LogP) is 2.29. The smallest absolute Gasteiger partial charge is 0.101 e. The summed E-state index contributed by atoms with van der Waals surface area (Å²) in [6, 6.07) is 22.9. The molecule has 4 rings (SSSR count). The van der Waals surface area contributed by atoms with Gasteiger partial charge in [-0.3, -0.25) is 0 Å². The number of piperidine rings is 2. The molecule has 2 aromatic rings. The van der Waals surface area contributed by atoms with E-state index >= 15 is 0 Å². The minimum absolute atomic E-state index is 0. The summed E-state index contributed by atoms with van der Waals surface area (Å²) in [7, 11) is 2.50. The molecule has 0 unspecified atom stereocenters. The number of hydrogen-bond acceptors (Lipinski definition) is 0. The highest BCUT2D eigenvalue weighted by Gasteiger charge is 2.40. The van der Waals surface area contributed by atoms with Crippen LogP contribution < -0.4 is 17.0 Å². The molecule has 1 nitrogen and oxygen atoms in total. The molecule has 25 heavy (non-hydrogen) atoms. The van der Waals surface area contributed by atoms with Crippen molar-refractivity contribution < 1.29 is 21.5 Å². The first kappa shape index (κ1) is 18.4. The van der Waals surface area contributed by atoms with E-state index in [1.807, 2.05) is 0 Å². The van der Waals surface area contributed by atoms with Gasteiger partial charge in [0, 0.05) is 6.42 Å². The number of rotatable bonds is 2. The highest BCUT2D eigenvalue weighted by molar-refractivity contribution is 5.82. The van der Waals surface area contributed by atoms with Gasteiger partial charge in [0.25, 0.3) is 0 Å². The molecule has 132 valence electrons. The zero-order valence-corrected chi connectivity index (χ0v) is 16.7. The Hall–Kier alpha value is -1.38. The molecule has 0 aromatic heterocycles. The molecule has 2 aliphatic rings. The summed E-state index contributed by atoms with van der Waals surface area (Å²) in [4.78, 5) is 0. The monoisotopic (exact) mass is 397 g/mol. The van der Waals surface area contributed by atoms with Crippen LogP contribution in [0.2, 0.25) is 0 Å². The average molecular weight is 398 g/mol. The van der Waals surface area contributed by atoms with Crippen LogP contribution in [0.15, 0.2) is 66.2 Å². The number of hydrogen-bond donors (Lipinski definition) is 0. The van der Waals surface area contributed by atoms with E-state index in [0.717, 1.165) is 6.04 Å². The van der Waals surface area contributed by atoms with Gasteiger partial charge in [-0.1, -0.05) is 60.7 Å². The van der Waals surface area contributed by atoms with E-state index in [0.29, 0.717) is 0 Å². The van der Waals surface area contributed by atoms with E-state index in [1.54, 1.807) is 5.57 Å². The highest BCUT2D eigenvalue weighted by atomic mass is 79.9. The third-order valence-electron chi connectivity index (χ3n) is 6.15. The summed E-state index contributed by atoms with van der Waals surface area (Å²) in [5.41, 5.74) is 5.90. The lowest BCUT2D eigenvalue weighted by Crippen LogP contribution is -3.00. The fraction of sp³-hybridized carbons (Fsp3) is 0.391. The highest BCUT2D eigenvalue weighted by Crippen LogP contribution is 2.38. The molecule has 0 N–H and O–H groups in total. The minimum Gasteiger partial charge on any atom is -1.00 e. The molecule has 2 heterocycles. The quantitative estimate of drug-likeness (QED) is 0.681.